The van der Waals surface area contributed by atoms with E-state index in [9.17, 15) is 26.7 Å². The summed E-state index contributed by atoms with van der Waals surface area (Å²) < 4.78 is 65.3. The SMILES string of the molecule is O=Cc1ccc(-c2ncn(C3=CCC(C(F)(F)C(F)(F)F)C=C3)n2)cc1. The molecular weight excluding hydrogens is 357 g/mol. The lowest BCUT2D eigenvalue weighted by atomic mass is 9.92. The average molecular weight is 369 g/mol. The summed E-state index contributed by atoms with van der Waals surface area (Å²) in [5, 5.41) is 4.18. The van der Waals surface area contributed by atoms with Crippen LogP contribution >= 0.6 is 0 Å². The number of allylic oxidation sites excluding steroid dienone is 4. The Morgan fingerprint density at radius 3 is 2.35 bits per heavy atom. The molecule has 0 saturated carbocycles. The smallest absolute Gasteiger partial charge is 0.298 e. The third-order valence-corrected chi connectivity index (χ3v) is 3.99. The molecule has 1 atom stereocenters. The van der Waals surface area contributed by atoms with Crippen molar-refractivity contribution in [3.63, 3.8) is 0 Å². The summed E-state index contributed by atoms with van der Waals surface area (Å²) in [7, 11) is 0. The fourth-order valence-corrected chi connectivity index (χ4v) is 2.49. The van der Waals surface area contributed by atoms with Gasteiger partial charge in [-0.2, -0.15) is 22.0 Å². The second-order valence-electron chi connectivity index (χ2n) is 5.70. The molecule has 0 aliphatic heterocycles. The normalized spacial score (nSPS) is 17.9. The van der Waals surface area contributed by atoms with Gasteiger partial charge in [-0.3, -0.25) is 4.79 Å². The molecule has 136 valence electrons. The lowest BCUT2D eigenvalue weighted by molar-refractivity contribution is -0.296. The van der Waals surface area contributed by atoms with Crippen LogP contribution in [0.3, 0.4) is 0 Å². The Bertz CT molecular complexity index is 865. The fourth-order valence-electron chi connectivity index (χ4n) is 2.49. The van der Waals surface area contributed by atoms with Crippen LogP contribution in [0.2, 0.25) is 0 Å². The Hall–Kier alpha value is -2.84. The molecule has 1 aliphatic carbocycles. The minimum absolute atomic E-state index is 0.333. The third-order valence-electron chi connectivity index (χ3n) is 3.99. The number of hydrogen-bond donors (Lipinski definition) is 0. The van der Waals surface area contributed by atoms with E-state index in [1.165, 1.54) is 23.2 Å². The van der Waals surface area contributed by atoms with Crippen molar-refractivity contribution in [3.8, 4) is 11.4 Å². The van der Waals surface area contributed by atoms with Crippen molar-refractivity contribution in [2.75, 3.05) is 0 Å². The first-order chi connectivity index (χ1) is 12.2. The van der Waals surface area contributed by atoms with Crippen LogP contribution in [0.5, 0.6) is 0 Å². The monoisotopic (exact) mass is 369 g/mol. The summed E-state index contributed by atoms with van der Waals surface area (Å²) >= 11 is 0. The maximum atomic E-state index is 13.4. The Labute approximate surface area is 144 Å². The van der Waals surface area contributed by atoms with E-state index in [0.717, 1.165) is 6.08 Å². The Morgan fingerprint density at radius 2 is 1.81 bits per heavy atom. The van der Waals surface area contributed by atoms with Crippen LogP contribution in [0.1, 0.15) is 16.8 Å². The standard InChI is InChI=1S/C17H12F5N3O/c18-16(19,17(20,21)22)13-5-7-14(8-6-13)25-10-23-15(24-25)12-3-1-11(9-26)2-4-12/h1-5,7-10,13H,6H2. The molecule has 1 aromatic carbocycles. The molecule has 0 N–H and O–H groups in total. The maximum Gasteiger partial charge on any atom is 0.453 e. The quantitative estimate of drug-likeness (QED) is 0.594. The lowest BCUT2D eigenvalue weighted by Gasteiger charge is -2.27. The number of aldehydes is 1. The zero-order valence-electron chi connectivity index (χ0n) is 13.1. The van der Waals surface area contributed by atoms with Gasteiger partial charge in [-0.05, 0) is 12.5 Å². The Balaban J connectivity index is 1.77. The van der Waals surface area contributed by atoms with E-state index < -0.39 is 24.4 Å². The van der Waals surface area contributed by atoms with Crippen LogP contribution in [0.4, 0.5) is 22.0 Å². The molecule has 0 bridgehead atoms. The number of rotatable bonds is 4. The summed E-state index contributed by atoms with van der Waals surface area (Å²) in [4.78, 5) is 14.7. The van der Waals surface area contributed by atoms with Crippen LogP contribution in [-0.2, 0) is 0 Å². The fraction of sp³-hybridized carbons (Fsp3) is 0.235. The molecule has 0 fully saturated rings. The largest absolute Gasteiger partial charge is 0.453 e. The molecule has 2 aromatic rings. The second kappa shape index (κ2) is 6.47. The lowest BCUT2D eigenvalue weighted by Crippen LogP contribution is -2.43. The molecule has 0 amide bonds. The van der Waals surface area contributed by atoms with E-state index in [-0.39, 0.29) is 0 Å². The molecule has 1 aromatic heterocycles. The number of alkyl halides is 5. The molecule has 0 saturated heterocycles. The van der Waals surface area contributed by atoms with Gasteiger partial charge in [0.1, 0.15) is 12.6 Å². The number of aromatic nitrogens is 3. The van der Waals surface area contributed by atoms with Crippen LogP contribution in [-0.4, -0.2) is 33.1 Å². The van der Waals surface area contributed by atoms with Gasteiger partial charge in [-0.25, -0.2) is 9.67 Å². The number of carbonyl (C=O) groups excluding carboxylic acids is 1. The number of carbonyl (C=O) groups is 1. The number of benzene rings is 1. The molecule has 26 heavy (non-hydrogen) atoms. The minimum Gasteiger partial charge on any atom is -0.298 e. The first kappa shape index (κ1) is 18.0. The summed E-state index contributed by atoms with van der Waals surface area (Å²) in [5.74, 6) is -6.41. The molecular formula is C17H12F5N3O. The van der Waals surface area contributed by atoms with Gasteiger partial charge in [-0.15, -0.1) is 5.10 Å². The predicted molar refractivity (Wildman–Crippen MR) is 83.4 cm³/mol. The van der Waals surface area contributed by atoms with Crippen LogP contribution < -0.4 is 0 Å². The van der Waals surface area contributed by atoms with Gasteiger partial charge in [0.25, 0.3) is 0 Å². The molecule has 1 unspecified atom stereocenters. The van der Waals surface area contributed by atoms with Gasteiger partial charge in [-0.1, -0.05) is 36.4 Å². The Morgan fingerprint density at radius 1 is 1.12 bits per heavy atom. The van der Waals surface area contributed by atoms with E-state index in [1.807, 2.05) is 0 Å². The highest BCUT2D eigenvalue weighted by Gasteiger charge is 2.61. The molecule has 4 nitrogen and oxygen atoms in total. The first-order valence-corrected chi connectivity index (χ1v) is 7.53. The molecule has 0 radical (unpaired) electrons. The van der Waals surface area contributed by atoms with Crippen molar-refractivity contribution in [1.82, 2.24) is 14.8 Å². The molecule has 1 aliphatic rings. The minimum atomic E-state index is -5.60. The van der Waals surface area contributed by atoms with Crippen molar-refractivity contribution < 1.29 is 26.7 Å². The van der Waals surface area contributed by atoms with Crippen LogP contribution in [0.25, 0.3) is 17.1 Å². The number of nitrogens with zero attached hydrogens (tertiary/aromatic N) is 3. The van der Waals surface area contributed by atoms with Crippen LogP contribution in [0.15, 0.2) is 48.8 Å². The van der Waals surface area contributed by atoms with E-state index in [1.54, 1.807) is 24.3 Å². The summed E-state index contributed by atoms with van der Waals surface area (Å²) in [6.45, 7) is 0. The Kier molecular flexibility index (Phi) is 4.47. The first-order valence-electron chi connectivity index (χ1n) is 7.53. The van der Waals surface area contributed by atoms with Crippen molar-refractivity contribution in [1.29, 1.82) is 0 Å². The molecule has 3 rings (SSSR count). The zero-order valence-corrected chi connectivity index (χ0v) is 13.1. The van der Waals surface area contributed by atoms with Crippen molar-refractivity contribution in [2.45, 2.75) is 18.5 Å². The van der Waals surface area contributed by atoms with Gasteiger partial charge in [0, 0.05) is 11.1 Å². The van der Waals surface area contributed by atoms with Crippen LogP contribution in [0, 0.1) is 5.92 Å². The number of hydrogen-bond acceptors (Lipinski definition) is 3. The average Bonchev–Trinajstić information content (AvgIpc) is 3.11. The van der Waals surface area contributed by atoms with Crippen molar-refractivity contribution >= 4 is 12.0 Å². The highest BCUT2D eigenvalue weighted by atomic mass is 19.4. The van der Waals surface area contributed by atoms with E-state index in [2.05, 4.69) is 10.1 Å². The maximum absolute atomic E-state index is 13.4. The summed E-state index contributed by atoms with van der Waals surface area (Å²) in [5.41, 5.74) is 1.47. The zero-order chi connectivity index (χ0) is 18.9. The topological polar surface area (TPSA) is 47.8 Å². The molecule has 9 heteroatoms. The third kappa shape index (κ3) is 3.29. The molecule has 0 spiro atoms. The van der Waals surface area contributed by atoms with Gasteiger partial charge in [0.2, 0.25) is 0 Å². The van der Waals surface area contributed by atoms with Crippen molar-refractivity contribution in [2.24, 2.45) is 5.92 Å². The summed E-state index contributed by atoms with van der Waals surface area (Å²) in [6, 6.07) is 6.47. The van der Waals surface area contributed by atoms with Crippen molar-refractivity contribution in [3.05, 3.63) is 54.4 Å². The molecule has 1 heterocycles. The number of halogens is 5. The van der Waals surface area contributed by atoms with E-state index in [0.29, 0.717) is 28.9 Å². The van der Waals surface area contributed by atoms with E-state index in [4.69, 9.17) is 0 Å². The highest BCUT2D eigenvalue weighted by Crippen LogP contribution is 2.44. The van der Waals surface area contributed by atoms with Gasteiger partial charge in [0.05, 0.1) is 11.6 Å². The van der Waals surface area contributed by atoms with E-state index >= 15 is 0 Å². The summed E-state index contributed by atoms with van der Waals surface area (Å²) in [6.07, 6.45) is -0.770. The highest BCUT2D eigenvalue weighted by molar-refractivity contribution is 5.76. The van der Waals surface area contributed by atoms with Gasteiger partial charge in [0.15, 0.2) is 5.82 Å². The van der Waals surface area contributed by atoms with Gasteiger partial charge < -0.3 is 0 Å². The predicted octanol–water partition coefficient (Wildman–Crippen LogP) is 4.37. The van der Waals surface area contributed by atoms with Gasteiger partial charge >= 0.3 is 12.1 Å². The second-order valence-corrected chi connectivity index (χ2v) is 5.70.